The number of aromatic nitrogens is 2. The van der Waals surface area contributed by atoms with Crippen LogP contribution in [-0.4, -0.2) is 29.5 Å². The summed E-state index contributed by atoms with van der Waals surface area (Å²) in [6.07, 6.45) is 1.17. The molecule has 1 unspecified atom stereocenters. The minimum absolute atomic E-state index is 0.416. The van der Waals surface area contributed by atoms with Gasteiger partial charge in [-0.05, 0) is 34.1 Å². The van der Waals surface area contributed by atoms with Crippen LogP contribution in [0.2, 0.25) is 0 Å². The number of rotatable bonds is 4. The van der Waals surface area contributed by atoms with Crippen molar-refractivity contribution in [1.29, 1.82) is 0 Å². The van der Waals surface area contributed by atoms with E-state index in [1.807, 2.05) is 0 Å². The first-order chi connectivity index (χ1) is 8.09. The SMILES string of the molecule is Cc1nn(C(C)C)c(C)c1NCC1CCOC1. The van der Waals surface area contributed by atoms with Crippen LogP contribution in [0, 0.1) is 19.8 Å². The molecule has 1 aliphatic heterocycles. The van der Waals surface area contributed by atoms with E-state index >= 15 is 0 Å². The van der Waals surface area contributed by atoms with Crippen LogP contribution in [0.1, 0.15) is 37.7 Å². The third-order valence-electron chi connectivity index (χ3n) is 3.41. The first-order valence-corrected chi connectivity index (χ1v) is 6.47. The zero-order chi connectivity index (χ0) is 12.4. The van der Waals surface area contributed by atoms with Crippen LogP contribution < -0.4 is 5.32 Å². The van der Waals surface area contributed by atoms with Crippen LogP contribution in [0.4, 0.5) is 5.69 Å². The molecule has 2 heterocycles. The van der Waals surface area contributed by atoms with Gasteiger partial charge < -0.3 is 10.1 Å². The standard InChI is InChI=1S/C13H23N3O/c1-9(2)16-11(4)13(10(3)15-16)14-7-12-5-6-17-8-12/h9,12,14H,5-8H2,1-4H3. The van der Waals surface area contributed by atoms with Crippen LogP contribution in [0.5, 0.6) is 0 Å². The highest BCUT2D eigenvalue weighted by Gasteiger charge is 2.18. The zero-order valence-electron chi connectivity index (χ0n) is 11.3. The molecular weight excluding hydrogens is 214 g/mol. The Hall–Kier alpha value is -1.03. The number of hydrogen-bond acceptors (Lipinski definition) is 3. The maximum atomic E-state index is 5.39. The zero-order valence-corrected chi connectivity index (χ0v) is 11.3. The van der Waals surface area contributed by atoms with Gasteiger partial charge in [0.15, 0.2) is 0 Å². The largest absolute Gasteiger partial charge is 0.382 e. The topological polar surface area (TPSA) is 39.1 Å². The van der Waals surface area contributed by atoms with Crippen molar-refractivity contribution in [3.8, 4) is 0 Å². The number of nitrogens with zero attached hydrogens (tertiary/aromatic N) is 2. The third kappa shape index (κ3) is 2.63. The van der Waals surface area contributed by atoms with Gasteiger partial charge in [-0.2, -0.15) is 5.10 Å². The molecule has 1 saturated heterocycles. The molecule has 1 atom stereocenters. The Bertz CT molecular complexity index is 378. The summed E-state index contributed by atoms with van der Waals surface area (Å²) >= 11 is 0. The van der Waals surface area contributed by atoms with Crippen LogP contribution in [-0.2, 0) is 4.74 Å². The summed E-state index contributed by atoms with van der Waals surface area (Å²) in [5.74, 6) is 0.649. The maximum absolute atomic E-state index is 5.39. The van der Waals surface area contributed by atoms with E-state index in [9.17, 15) is 0 Å². The van der Waals surface area contributed by atoms with Crippen LogP contribution >= 0.6 is 0 Å². The minimum atomic E-state index is 0.416. The molecule has 1 fully saturated rings. The van der Waals surface area contributed by atoms with Crippen LogP contribution in [0.25, 0.3) is 0 Å². The van der Waals surface area contributed by atoms with Crippen molar-refractivity contribution in [1.82, 2.24) is 9.78 Å². The molecule has 0 aliphatic carbocycles. The Balaban J connectivity index is 2.04. The van der Waals surface area contributed by atoms with Crippen molar-refractivity contribution in [3.63, 3.8) is 0 Å². The second-order valence-corrected chi connectivity index (χ2v) is 5.19. The molecule has 17 heavy (non-hydrogen) atoms. The molecule has 1 aliphatic rings. The van der Waals surface area contributed by atoms with Crippen molar-refractivity contribution >= 4 is 5.69 Å². The molecule has 0 spiro atoms. The third-order valence-corrected chi connectivity index (χ3v) is 3.41. The quantitative estimate of drug-likeness (QED) is 0.874. The van der Waals surface area contributed by atoms with Gasteiger partial charge in [0.05, 0.1) is 23.7 Å². The molecule has 0 saturated carbocycles. The smallest absolute Gasteiger partial charge is 0.0828 e. The summed E-state index contributed by atoms with van der Waals surface area (Å²) in [6, 6.07) is 0.416. The lowest BCUT2D eigenvalue weighted by molar-refractivity contribution is 0.187. The second-order valence-electron chi connectivity index (χ2n) is 5.19. The van der Waals surface area contributed by atoms with Crippen molar-refractivity contribution in [2.75, 3.05) is 25.1 Å². The number of nitrogens with one attached hydrogen (secondary N) is 1. The molecule has 1 aromatic heterocycles. The highest BCUT2D eigenvalue weighted by atomic mass is 16.5. The van der Waals surface area contributed by atoms with Crippen molar-refractivity contribution in [3.05, 3.63) is 11.4 Å². The van der Waals surface area contributed by atoms with Gasteiger partial charge in [-0.15, -0.1) is 0 Å². The fourth-order valence-corrected chi connectivity index (χ4v) is 2.41. The fourth-order valence-electron chi connectivity index (χ4n) is 2.41. The van der Waals surface area contributed by atoms with E-state index in [0.29, 0.717) is 12.0 Å². The Morgan fingerprint density at radius 2 is 2.24 bits per heavy atom. The molecule has 96 valence electrons. The summed E-state index contributed by atoms with van der Waals surface area (Å²) in [5.41, 5.74) is 3.53. The molecular formula is C13H23N3O. The molecule has 4 nitrogen and oxygen atoms in total. The molecule has 0 aromatic carbocycles. The van der Waals surface area contributed by atoms with Crippen LogP contribution in [0.3, 0.4) is 0 Å². The van der Waals surface area contributed by atoms with E-state index in [2.05, 4.69) is 42.8 Å². The average molecular weight is 237 g/mol. The van der Waals surface area contributed by atoms with E-state index in [-0.39, 0.29) is 0 Å². The lowest BCUT2D eigenvalue weighted by Gasteiger charge is -2.12. The average Bonchev–Trinajstić information content (AvgIpc) is 2.86. The predicted octanol–water partition coefficient (Wildman–Crippen LogP) is 2.53. The van der Waals surface area contributed by atoms with Gasteiger partial charge >= 0.3 is 0 Å². The van der Waals surface area contributed by atoms with Crippen molar-refractivity contribution in [2.24, 2.45) is 5.92 Å². The van der Waals surface area contributed by atoms with Gasteiger partial charge in [-0.1, -0.05) is 0 Å². The highest BCUT2D eigenvalue weighted by molar-refractivity contribution is 5.52. The summed E-state index contributed by atoms with van der Waals surface area (Å²) < 4.78 is 7.47. The maximum Gasteiger partial charge on any atom is 0.0828 e. The predicted molar refractivity (Wildman–Crippen MR) is 69.5 cm³/mol. The van der Waals surface area contributed by atoms with Crippen molar-refractivity contribution < 1.29 is 4.74 Å². The van der Waals surface area contributed by atoms with E-state index in [1.54, 1.807) is 0 Å². The minimum Gasteiger partial charge on any atom is -0.382 e. The van der Waals surface area contributed by atoms with Crippen LogP contribution in [0.15, 0.2) is 0 Å². The molecule has 0 radical (unpaired) electrons. The fraction of sp³-hybridized carbons (Fsp3) is 0.769. The van der Waals surface area contributed by atoms with Gasteiger partial charge in [0.25, 0.3) is 0 Å². The molecule has 4 heteroatoms. The van der Waals surface area contributed by atoms with Gasteiger partial charge in [0, 0.05) is 25.1 Å². The summed E-state index contributed by atoms with van der Waals surface area (Å²) in [7, 11) is 0. The van der Waals surface area contributed by atoms with Gasteiger partial charge in [-0.3, -0.25) is 4.68 Å². The van der Waals surface area contributed by atoms with Gasteiger partial charge in [-0.25, -0.2) is 0 Å². The number of ether oxygens (including phenoxy) is 1. The number of aryl methyl sites for hydroxylation is 1. The molecule has 2 rings (SSSR count). The van der Waals surface area contributed by atoms with Gasteiger partial charge in [0.2, 0.25) is 0 Å². The van der Waals surface area contributed by atoms with Crippen molar-refractivity contribution in [2.45, 2.75) is 40.2 Å². The van der Waals surface area contributed by atoms with E-state index < -0.39 is 0 Å². The van der Waals surface area contributed by atoms with E-state index in [0.717, 1.165) is 25.5 Å². The lowest BCUT2D eigenvalue weighted by Crippen LogP contribution is -2.15. The molecule has 1 N–H and O–H groups in total. The molecule has 1 aromatic rings. The second kappa shape index (κ2) is 5.08. The Kier molecular flexibility index (Phi) is 3.72. The van der Waals surface area contributed by atoms with E-state index in [1.165, 1.54) is 17.8 Å². The summed E-state index contributed by atoms with van der Waals surface area (Å²) in [5, 5.41) is 8.11. The number of hydrogen-bond donors (Lipinski definition) is 1. The van der Waals surface area contributed by atoms with E-state index in [4.69, 9.17) is 4.74 Å². The molecule has 0 bridgehead atoms. The first-order valence-electron chi connectivity index (χ1n) is 6.47. The number of anilines is 1. The monoisotopic (exact) mass is 237 g/mol. The highest BCUT2D eigenvalue weighted by Crippen LogP contribution is 2.23. The molecule has 0 amide bonds. The lowest BCUT2D eigenvalue weighted by atomic mass is 10.1. The normalized spacial score (nSPS) is 20.2. The Labute approximate surface area is 103 Å². The Morgan fingerprint density at radius 1 is 1.47 bits per heavy atom. The summed E-state index contributed by atoms with van der Waals surface area (Å²) in [4.78, 5) is 0. The Morgan fingerprint density at radius 3 is 2.76 bits per heavy atom. The summed E-state index contributed by atoms with van der Waals surface area (Å²) in [6.45, 7) is 11.3. The first kappa shape index (κ1) is 12.4. The van der Waals surface area contributed by atoms with Gasteiger partial charge in [0.1, 0.15) is 0 Å².